The maximum Gasteiger partial charge on any atom is 0.272 e. The van der Waals surface area contributed by atoms with Crippen molar-refractivity contribution in [2.45, 2.75) is 13.5 Å². The van der Waals surface area contributed by atoms with Crippen molar-refractivity contribution in [2.75, 3.05) is 0 Å². The van der Waals surface area contributed by atoms with Gasteiger partial charge in [0.05, 0.1) is 11.1 Å². The van der Waals surface area contributed by atoms with Gasteiger partial charge in [0.15, 0.2) is 5.69 Å². The Bertz CT molecular complexity index is 1190. The molecule has 2 aromatic heterocycles. The molecule has 0 bridgehead atoms. The summed E-state index contributed by atoms with van der Waals surface area (Å²) < 4.78 is 1.97. The number of nitrogens with zero attached hydrogens (tertiary/aromatic N) is 3. The standard InChI is InChI=1S/C20H17N5O2/c1-13-21-10-11-25(13)17-9-5-2-6-14(17)12-22-20(27)18-15-7-3-4-8-16(15)19(26)24-23-18/h2-11H,12H2,1H3,(H,22,27)(H,24,26). The zero-order valence-electron chi connectivity index (χ0n) is 14.6. The summed E-state index contributed by atoms with van der Waals surface area (Å²) in [5, 5.41) is 10.2. The van der Waals surface area contributed by atoms with E-state index < -0.39 is 0 Å². The Morgan fingerprint density at radius 3 is 2.63 bits per heavy atom. The Hall–Kier alpha value is -3.74. The van der Waals surface area contributed by atoms with E-state index in [0.717, 1.165) is 17.1 Å². The fraction of sp³-hybridized carbons (Fsp3) is 0.100. The number of rotatable bonds is 4. The Balaban J connectivity index is 1.63. The molecule has 27 heavy (non-hydrogen) atoms. The van der Waals surface area contributed by atoms with Gasteiger partial charge < -0.3 is 9.88 Å². The first-order valence-electron chi connectivity index (χ1n) is 8.49. The molecule has 0 aliphatic carbocycles. The monoisotopic (exact) mass is 359 g/mol. The average molecular weight is 359 g/mol. The number of aryl methyl sites for hydroxylation is 1. The summed E-state index contributed by atoms with van der Waals surface area (Å²) in [5.74, 6) is 0.515. The van der Waals surface area contributed by atoms with Gasteiger partial charge in [0.2, 0.25) is 0 Å². The number of H-pyrrole nitrogens is 1. The highest BCUT2D eigenvalue weighted by atomic mass is 16.2. The topological polar surface area (TPSA) is 92.7 Å². The number of benzene rings is 2. The van der Waals surface area contributed by atoms with Gasteiger partial charge in [0.25, 0.3) is 11.5 Å². The van der Waals surface area contributed by atoms with Gasteiger partial charge in [0, 0.05) is 24.3 Å². The lowest BCUT2D eigenvalue weighted by atomic mass is 10.1. The van der Waals surface area contributed by atoms with E-state index in [0.29, 0.717) is 17.3 Å². The summed E-state index contributed by atoms with van der Waals surface area (Å²) in [4.78, 5) is 28.8. The van der Waals surface area contributed by atoms with Crippen molar-refractivity contribution in [2.24, 2.45) is 0 Å². The molecule has 4 rings (SSSR count). The quantitative estimate of drug-likeness (QED) is 0.585. The minimum atomic E-state index is -0.348. The number of carbonyl (C=O) groups is 1. The second-order valence-corrected chi connectivity index (χ2v) is 6.10. The normalized spacial score (nSPS) is 10.9. The Labute approximate surface area is 154 Å². The zero-order valence-corrected chi connectivity index (χ0v) is 14.6. The molecule has 0 spiro atoms. The van der Waals surface area contributed by atoms with E-state index in [-0.39, 0.29) is 17.2 Å². The number of amides is 1. The van der Waals surface area contributed by atoms with Crippen LogP contribution < -0.4 is 10.9 Å². The molecular formula is C20H17N5O2. The fourth-order valence-corrected chi connectivity index (χ4v) is 3.07. The van der Waals surface area contributed by atoms with E-state index in [2.05, 4.69) is 20.5 Å². The van der Waals surface area contributed by atoms with Crippen molar-refractivity contribution in [3.05, 3.63) is 88.4 Å². The fourth-order valence-electron chi connectivity index (χ4n) is 3.07. The first-order chi connectivity index (χ1) is 13.1. The van der Waals surface area contributed by atoms with Crippen LogP contribution in [0.3, 0.4) is 0 Å². The van der Waals surface area contributed by atoms with Gasteiger partial charge in [0.1, 0.15) is 5.82 Å². The van der Waals surface area contributed by atoms with E-state index >= 15 is 0 Å². The summed E-state index contributed by atoms with van der Waals surface area (Å²) >= 11 is 0. The summed E-state index contributed by atoms with van der Waals surface area (Å²) in [5.41, 5.74) is 1.78. The van der Waals surface area contributed by atoms with Crippen LogP contribution in [0.1, 0.15) is 21.9 Å². The number of hydrogen-bond acceptors (Lipinski definition) is 4. The third kappa shape index (κ3) is 3.10. The molecule has 4 aromatic rings. The number of aromatic amines is 1. The molecule has 0 aliphatic rings. The molecule has 7 heteroatoms. The summed E-state index contributed by atoms with van der Waals surface area (Å²) in [6.45, 7) is 2.24. The lowest BCUT2D eigenvalue weighted by Crippen LogP contribution is -2.26. The Morgan fingerprint density at radius 1 is 1.11 bits per heavy atom. The Morgan fingerprint density at radius 2 is 1.85 bits per heavy atom. The molecule has 0 unspecified atom stereocenters. The van der Waals surface area contributed by atoms with Crippen LogP contribution in [0.25, 0.3) is 16.5 Å². The predicted octanol–water partition coefficient (Wildman–Crippen LogP) is 2.35. The number of aromatic nitrogens is 4. The molecule has 0 saturated heterocycles. The minimum Gasteiger partial charge on any atom is -0.346 e. The molecule has 1 amide bonds. The van der Waals surface area contributed by atoms with Crippen molar-refractivity contribution in [1.29, 1.82) is 0 Å². The Kier molecular flexibility index (Phi) is 4.25. The van der Waals surface area contributed by atoms with Crippen LogP contribution in [0.2, 0.25) is 0 Å². The first-order valence-corrected chi connectivity index (χ1v) is 8.49. The predicted molar refractivity (Wildman–Crippen MR) is 102 cm³/mol. The lowest BCUT2D eigenvalue weighted by molar-refractivity contribution is 0.0946. The van der Waals surface area contributed by atoms with Gasteiger partial charge in [-0.3, -0.25) is 9.59 Å². The number of hydrogen-bond donors (Lipinski definition) is 2. The molecule has 2 N–H and O–H groups in total. The molecule has 0 atom stereocenters. The van der Waals surface area contributed by atoms with Gasteiger partial charge in [-0.15, -0.1) is 0 Å². The van der Waals surface area contributed by atoms with E-state index in [1.165, 1.54) is 0 Å². The maximum atomic E-state index is 12.7. The summed E-state index contributed by atoms with van der Waals surface area (Å²) in [6.07, 6.45) is 3.62. The highest BCUT2D eigenvalue weighted by molar-refractivity contribution is 6.04. The molecule has 0 saturated carbocycles. The van der Waals surface area contributed by atoms with Gasteiger partial charge >= 0.3 is 0 Å². The van der Waals surface area contributed by atoms with Gasteiger partial charge in [-0.05, 0) is 24.6 Å². The lowest BCUT2D eigenvalue weighted by Gasteiger charge is -2.13. The van der Waals surface area contributed by atoms with Gasteiger partial charge in [-0.25, -0.2) is 10.1 Å². The highest BCUT2D eigenvalue weighted by Crippen LogP contribution is 2.17. The smallest absolute Gasteiger partial charge is 0.272 e. The average Bonchev–Trinajstić information content (AvgIpc) is 3.12. The van der Waals surface area contributed by atoms with Crippen LogP contribution in [-0.2, 0) is 6.54 Å². The van der Waals surface area contributed by atoms with Crippen molar-refractivity contribution in [3.8, 4) is 5.69 Å². The molecule has 0 fully saturated rings. The highest BCUT2D eigenvalue weighted by Gasteiger charge is 2.14. The second kappa shape index (κ2) is 6.87. The zero-order chi connectivity index (χ0) is 18.8. The third-order valence-electron chi connectivity index (χ3n) is 4.43. The summed E-state index contributed by atoms with van der Waals surface area (Å²) in [7, 11) is 0. The number of carbonyl (C=O) groups excluding carboxylic acids is 1. The van der Waals surface area contributed by atoms with Crippen molar-refractivity contribution < 1.29 is 4.79 Å². The van der Waals surface area contributed by atoms with Crippen molar-refractivity contribution >= 4 is 16.7 Å². The van der Waals surface area contributed by atoms with E-state index in [9.17, 15) is 9.59 Å². The second-order valence-electron chi connectivity index (χ2n) is 6.10. The number of imidazole rings is 1. The van der Waals surface area contributed by atoms with Crippen LogP contribution in [0.5, 0.6) is 0 Å². The van der Waals surface area contributed by atoms with Crippen LogP contribution in [0, 0.1) is 6.92 Å². The largest absolute Gasteiger partial charge is 0.346 e. The van der Waals surface area contributed by atoms with Crippen LogP contribution in [0.15, 0.2) is 65.7 Å². The van der Waals surface area contributed by atoms with Crippen LogP contribution in [0.4, 0.5) is 0 Å². The van der Waals surface area contributed by atoms with E-state index in [1.807, 2.05) is 42.0 Å². The third-order valence-corrected chi connectivity index (χ3v) is 4.43. The van der Waals surface area contributed by atoms with Crippen LogP contribution in [-0.4, -0.2) is 25.7 Å². The minimum absolute atomic E-state index is 0.196. The molecule has 2 aromatic carbocycles. The van der Waals surface area contributed by atoms with Crippen molar-refractivity contribution in [3.63, 3.8) is 0 Å². The van der Waals surface area contributed by atoms with E-state index in [1.54, 1.807) is 30.5 Å². The van der Waals surface area contributed by atoms with E-state index in [4.69, 9.17) is 0 Å². The molecule has 134 valence electrons. The number of fused-ring (bicyclic) bond motifs is 1. The molecule has 7 nitrogen and oxygen atoms in total. The first kappa shape index (κ1) is 16.7. The van der Waals surface area contributed by atoms with Crippen LogP contribution >= 0.6 is 0 Å². The molecular weight excluding hydrogens is 342 g/mol. The maximum absolute atomic E-state index is 12.7. The van der Waals surface area contributed by atoms with Gasteiger partial charge in [-0.1, -0.05) is 36.4 Å². The summed E-state index contributed by atoms with van der Waals surface area (Å²) in [6, 6.07) is 14.7. The SMILES string of the molecule is Cc1nccn1-c1ccccc1CNC(=O)c1n[nH]c(=O)c2ccccc12. The van der Waals surface area contributed by atoms with Crippen molar-refractivity contribution in [1.82, 2.24) is 25.1 Å². The number of nitrogens with one attached hydrogen (secondary N) is 2. The van der Waals surface area contributed by atoms with Gasteiger partial charge in [-0.2, -0.15) is 5.10 Å². The number of para-hydroxylation sites is 1. The molecule has 2 heterocycles. The molecule has 0 radical (unpaired) electrons. The molecule has 0 aliphatic heterocycles.